The van der Waals surface area contributed by atoms with Gasteiger partial charge in [0.05, 0.1) is 6.61 Å². The molecule has 0 amide bonds. The number of ether oxygens (including phenoxy) is 1. The lowest BCUT2D eigenvalue weighted by Crippen LogP contribution is -2.54. The summed E-state index contributed by atoms with van der Waals surface area (Å²) in [7, 11) is 0. The van der Waals surface area contributed by atoms with Gasteiger partial charge in [-0.2, -0.15) is 0 Å². The topological polar surface area (TPSA) is 55.4 Å². The minimum absolute atomic E-state index is 0.343. The molecule has 1 rings (SSSR count). The molecule has 0 saturated carbocycles. The third-order valence-corrected chi connectivity index (χ3v) is 6.68. The highest BCUT2D eigenvalue weighted by molar-refractivity contribution is 6.68. The first-order valence-corrected chi connectivity index (χ1v) is 13.4. The summed E-state index contributed by atoms with van der Waals surface area (Å²) in [5.41, 5.74) is -1.60. The van der Waals surface area contributed by atoms with Crippen LogP contribution >= 0.6 is 11.6 Å². The van der Waals surface area contributed by atoms with E-state index in [1.165, 1.54) is 96.0 Å². The van der Waals surface area contributed by atoms with Crippen LogP contribution in [0, 0.1) is 5.92 Å². The van der Waals surface area contributed by atoms with E-state index in [4.69, 9.17) is 16.3 Å². The van der Waals surface area contributed by atoms with Crippen LogP contribution in [0.1, 0.15) is 117 Å². The van der Waals surface area contributed by atoms with Gasteiger partial charge in [0.2, 0.25) is 5.54 Å². The Bertz CT molecular complexity index is 575. The quantitative estimate of drug-likeness (QED) is 0.0866. The Hall–Kier alpha value is -1.29. The average Bonchev–Trinajstić information content (AvgIpc) is 2.80. The summed E-state index contributed by atoms with van der Waals surface area (Å²) in [4.78, 5) is 24.7. The maximum Gasteiger partial charge on any atom is 0.345 e. The lowest BCUT2D eigenvalue weighted by Gasteiger charge is -2.27. The van der Waals surface area contributed by atoms with Crippen LogP contribution in [0.5, 0.6) is 0 Å². The van der Waals surface area contributed by atoms with Crippen molar-refractivity contribution in [3.63, 3.8) is 0 Å². The summed E-state index contributed by atoms with van der Waals surface area (Å²) in [5.74, 6) is -0.266. The van der Waals surface area contributed by atoms with Crippen molar-refractivity contribution in [2.75, 3.05) is 6.61 Å². The molecule has 5 heteroatoms. The molecule has 0 aromatic carbocycles. The lowest BCUT2D eigenvalue weighted by molar-refractivity contribution is -0.152. The van der Waals surface area contributed by atoms with Crippen LogP contribution in [0.4, 0.5) is 0 Å². The largest absolute Gasteiger partial charge is 0.463 e. The molecule has 1 heterocycles. The van der Waals surface area contributed by atoms with E-state index in [1.54, 1.807) is 18.4 Å². The van der Waals surface area contributed by atoms with Crippen molar-refractivity contribution < 1.29 is 14.3 Å². The van der Waals surface area contributed by atoms with E-state index < -0.39 is 16.8 Å². The summed E-state index contributed by atoms with van der Waals surface area (Å²) in [5, 5.41) is 2.02. The van der Waals surface area contributed by atoms with Gasteiger partial charge in [-0.3, -0.25) is 4.79 Å². The summed E-state index contributed by atoms with van der Waals surface area (Å²) < 4.78 is 5.63. The molecule has 1 N–H and O–H groups in total. The molecule has 1 aliphatic rings. The number of carbonyl (C=O) groups is 2. The van der Waals surface area contributed by atoms with Gasteiger partial charge in [-0.25, -0.2) is 4.79 Å². The number of dihydropyridines is 1. The van der Waals surface area contributed by atoms with Crippen molar-refractivity contribution in [1.29, 1.82) is 0 Å². The zero-order chi connectivity index (χ0) is 23.5. The second-order valence-corrected chi connectivity index (χ2v) is 9.57. The Kier molecular flexibility index (Phi) is 16.3. The second kappa shape index (κ2) is 18.2. The SMILES string of the molecule is CCCCCCCCCCC(CCCCCCCC)COC(=O)C1(C(=O)Cl)C=CC=CN1. The van der Waals surface area contributed by atoms with Crippen molar-refractivity contribution in [1.82, 2.24) is 5.32 Å². The van der Waals surface area contributed by atoms with Gasteiger partial charge in [-0.1, -0.05) is 110 Å². The predicted octanol–water partition coefficient (Wildman–Crippen LogP) is 7.60. The molecule has 0 bridgehead atoms. The average molecular weight is 468 g/mol. The first-order valence-electron chi connectivity index (χ1n) is 13.1. The van der Waals surface area contributed by atoms with E-state index in [0.717, 1.165) is 12.8 Å². The Morgan fingerprint density at radius 2 is 1.31 bits per heavy atom. The Morgan fingerprint density at radius 3 is 1.75 bits per heavy atom. The summed E-state index contributed by atoms with van der Waals surface area (Å²) >= 11 is 5.74. The number of unbranched alkanes of at least 4 members (excludes halogenated alkanes) is 12. The molecule has 0 spiro atoms. The van der Waals surface area contributed by atoms with E-state index in [-0.39, 0.29) is 0 Å². The summed E-state index contributed by atoms with van der Waals surface area (Å²) in [6.45, 7) is 4.84. The van der Waals surface area contributed by atoms with Gasteiger partial charge in [0, 0.05) is 0 Å². The number of allylic oxidation sites excluding steroid dienone is 2. The fourth-order valence-corrected chi connectivity index (χ4v) is 4.41. The number of rotatable bonds is 20. The second-order valence-electron chi connectivity index (χ2n) is 9.23. The van der Waals surface area contributed by atoms with Crippen LogP contribution in [0.2, 0.25) is 0 Å². The van der Waals surface area contributed by atoms with Crippen molar-refractivity contribution in [2.45, 2.75) is 122 Å². The van der Waals surface area contributed by atoms with Crippen LogP contribution in [0.15, 0.2) is 24.4 Å². The molecule has 0 aromatic rings. The van der Waals surface area contributed by atoms with Gasteiger partial charge in [0.25, 0.3) is 5.24 Å². The van der Waals surface area contributed by atoms with Crippen LogP contribution in [-0.2, 0) is 14.3 Å². The maximum atomic E-state index is 12.7. The molecule has 0 fully saturated rings. The fourth-order valence-electron chi connectivity index (χ4n) is 4.21. The van der Waals surface area contributed by atoms with Crippen LogP contribution in [0.25, 0.3) is 0 Å². The van der Waals surface area contributed by atoms with E-state index >= 15 is 0 Å². The number of nitrogens with one attached hydrogen (secondary N) is 1. The van der Waals surface area contributed by atoms with E-state index in [0.29, 0.717) is 12.5 Å². The molecule has 0 radical (unpaired) electrons. The predicted molar refractivity (Wildman–Crippen MR) is 135 cm³/mol. The number of carbonyl (C=O) groups excluding carboxylic acids is 2. The first-order chi connectivity index (χ1) is 15.6. The van der Waals surface area contributed by atoms with Crippen LogP contribution < -0.4 is 5.32 Å². The lowest BCUT2D eigenvalue weighted by atomic mass is 9.94. The van der Waals surface area contributed by atoms with Gasteiger partial charge >= 0.3 is 5.97 Å². The highest BCUT2D eigenvalue weighted by atomic mass is 35.5. The monoisotopic (exact) mass is 467 g/mol. The molecular weight excluding hydrogens is 422 g/mol. The molecule has 0 aliphatic carbocycles. The van der Waals surface area contributed by atoms with Gasteiger partial charge < -0.3 is 10.1 Å². The maximum absolute atomic E-state index is 12.7. The number of hydrogen-bond acceptors (Lipinski definition) is 4. The zero-order valence-corrected chi connectivity index (χ0v) is 21.3. The smallest absolute Gasteiger partial charge is 0.345 e. The van der Waals surface area contributed by atoms with Crippen molar-refractivity contribution in [2.24, 2.45) is 5.92 Å². The molecule has 2 unspecified atom stereocenters. The Morgan fingerprint density at radius 1 is 0.812 bits per heavy atom. The highest BCUT2D eigenvalue weighted by Gasteiger charge is 2.44. The highest BCUT2D eigenvalue weighted by Crippen LogP contribution is 2.22. The molecule has 2 atom stereocenters. The number of halogens is 1. The van der Waals surface area contributed by atoms with Crippen molar-refractivity contribution >= 4 is 22.8 Å². The van der Waals surface area contributed by atoms with Gasteiger partial charge in [-0.15, -0.1) is 0 Å². The number of esters is 1. The molecule has 1 aliphatic heterocycles. The first kappa shape index (κ1) is 28.7. The summed E-state index contributed by atoms with van der Waals surface area (Å²) in [6, 6.07) is 0. The Labute approximate surface area is 201 Å². The normalized spacial score (nSPS) is 18.3. The zero-order valence-electron chi connectivity index (χ0n) is 20.5. The van der Waals surface area contributed by atoms with Gasteiger partial charge in [0.15, 0.2) is 0 Å². The van der Waals surface area contributed by atoms with Gasteiger partial charge in [0.1, 0.15) is 0 Å². The van der Waals surface area contributed by atoms with E-state index in [1.807, 2.05) is 0 Å². The molecule has 0 saturated heterocycles. The molecule has 0 aromatic heterocycles. The van der Waals surface area contributed by atoms with Crippen molar-refractivity contribution in [3.05, 3.63) is 24.4 Å². The third-order valence-electron chi connectivity index (χ3n) is 6.38. The minimum atomic E-state index is -1.60. The molecular formula is C27H46ClNO3. The molecule has 184 valence electrons. The van der Waals surface area contributed by atoms with Crippen LogP contribution in [-0.4, -0.2) is 23.4 Å². The Balaban J connectivity index is 2.45. The van der Waals surface area contributed by atoms with Gasteiger partial charge in [-0.05, 0) is 48.7 Å². The standard InChI is InChI=1S/C27H46ClNO3/c1-3-5-7-9-11-12-14-16-20-24(19-15-13-10-8-6-4-2)23-32-26(31)27(25(28)30)21-17-18-22-29-27/h17-18,21-22,24,29H,3-16,19-20,23H2,1-2H3. The minimum Gasteiger partial charge on any atom is -0.463 e. The fraction of sp³-hybridized carbons (Fsp3) is 0.778. The molecule has 4 nitrogen and oxygen atoms in total. The van der Waals surface area contributed by atoms with E-state index in [9.17, 15) is 9.59 Å². The summed E-state index contributed by atoms with van der Waals surface area (Å²) in [6.07, 6.45) is 26.5. The number of hydrogen-bond donors (Lipinski definition) is 1. The third kappa shape index (κ3) is 11.5. The molecule has 32 heavy (non-hydrogen) atoms. The van der Waals surface area contributed by atoms with E-state index in [2.05, 4.69) is 19.2 Å². The van der Waals surface area contributed by atoms with Crippen molar-refractivity contribution in [3.8, 4) is 0 Å². The van der Waals surface area contributed by atoms with Crippen LogP contribution in [0.3, 0.4) is 0 Å².